The number of aromatic nitrogens is 1. The molecule has 0 unspecified atom stereocenters. The zero-order valence-electron chi connectivity index (χ0n) is 11.6. The van der Waals surface area contributed by atoms with Crippen molar-refractivity contribution >= 4 is 38.4 Å². The lowest BCUT2D eigenvalue weighted by Gasteiger charge is -2.10. The molecule has 8 nitrogen and oxygen atoms in total. The Morgan fingerprint density at radius 2 is 2.24 bits per heavy atom. The molecule has 0 aliphatic rings. The molecule has 0 radical (unpaired) electrons. The molecule has 2 N–H and O–H groups in total. The van der Waals surface area contributed by atoms with Gasteiger partial charge in [-0.05, 0) is 20.2 Å². The van der Waals surface area contributed by atoms with Gasteiger partial charge in [0, 0.05) is 25.2 Å². The molecule has 9 heteroatoms. The van der Waals surface area contributed by atoms with Gasteiger partial charge in [0.15, 0.2) is 5.13 Å². The number of nitrogens with zero attached hydrogens (tertiary/aromatic N) is 3. The van der Waals surface area contributed by atoms with E-state index in [0.29, 0.717) is 21.9 Å². The van der Waals surface area contributed by atoms with Gasteiger partial charge in [0.1, 0.15) is 0 Å². The van der Waals surface area contributed by atoms with Gasteiger partial charge in [-0.15, -0.1) is 0 Å². The highest BCUT2D eigenvalue weighted by atomic mass is 32.1. The largest absolute Gasteiger partial charge is 0.337 e. The van der Waals surface area contributed by atoms with Crippen molar-refractivity contribution in [1.29, 1.82) is 0 Å². The number of urea groups is 1. The number of amides is 2. The first-order valence-electron chi connectivity index (χ1n) is 6.20. The highest BCUT2D eigenvalue weighted by Crippen LogP contribution is 2.28. The Bertz CT molecular complexity index is 670. The number of carbonyl (C=O) groups excluding carboxylic acids is 1. The lowest BCUT2D eigenvalue weighted by atomic mass is 10.3. The van der Waals surface area contributed by atoms with Gasteiger partial charge < -0.3 is 10.2 Å². The van der Waals surface area contributed by atoms with E-state index < -0.39 is 4.92 Å². The third-order valence-electron chi connectivity index (χ3n) is 2.65. The second-order valence-corrected chi connectivity index (χ2v) is 5.64. The monoisotopic (exact) mass is 309 g/mol. The van der Waals surface area contributed by atoms with Crippen LogP contribution in [0.15, 0.2) is 18.2 Å². The second-order valence-electron chi connectivity index (χ2n) is 4.61. The first-order chi connectivity index (χ1) is 9.95. The zero-order chi connectivity index (χ0) is 15.4. The molecule has 0 atom stereocenters. The normalized spacial score (nSPS) is 10.8. The molecule has 0 saturated carbocycles. The molecule has 2 rings (SSSR count). The predicted octanol–water partition coefficient (Wildman–Crippen LogP) is 1.89. The number of nitro benzene ring substituents is 1. The van der Waals surface area contributed by atoms with Gasteiger partial charge in [0.05, 0.1) is 15.1 Å². The standard InChI is InChI=1S/C12H15N5O3S/c1-16(2)6-5-13-11(18)15-12-14-9-4-3-8(17(19)20)7-10(9)21-12/h3-4,7H,5-6H2,1-2H3,(H2,13,14,15,18). The Morgan fingerprint density at radius 1 is 1.48 bits per heavy atom. The lowest BCUT2D eigenvalue weighted by Crippen LogP contribution is -2.34. The van der Waals surface area contributed by atoms with Gasteiger partial charge in [0.2, 0.25) is 0 Å². The molecule has 2 aromatic rings. The van der Waals surface area contributed by atoms with Crippen LogP contribution in [0.4, 0.5) is 15.6 Å². The van der Waals surface area contributed by atoms with Crippen molar-refractivity contribution in [3.8, 4) is 0 Å². The Morgan fingerprint density at radius 3 is 2.90 bits per heavy atom. The SMILES string of the molecule is CN(C)CCNC(=O)Nc1nc2ccc([N+](=O)[O-])cc2s1. The number of thiazole rings is 1. The minimum atomic E-state index is -0.458. The van der Waals surface area contributed by atoms with Crippen molar-refractivity contribution in [1.82, 2.24) is 15.2 Å². The number of anilines is 1. The van der Waals surface area contributed by atoms with Crippen molar-refractivity contribution in [2.75, 3.05) is 32.5 Å². The molecule has 0 aliphatic heterocycles. The summed E-state index contributed by atoms with van der Waals surface area (Å²) in [6.45, 7) is 1.26. The highest BCUT2D eigenvalue weighted by Gasteiger charge is 2.11. The number of non-ortho nitro benzene ring substituents is 1. The molecule has 0 bridgehead atoms. The topological polar surface area (TPSA) is 100 Å². The first kappa shape index (κ1) is 15.1. The molecule has 0 fully saturated rings. The third-order valence-corrected chi connectivity index (χ3v) is 3.58. The van der Waals surface area contributed by atoms with Crippen molar-refractivity contribution in [3.05, 3.63) is 28.3 Å². The molecule has 1 heterocycles. The minimum Gasteiger partial charge on any atom is -0.337 e. The summed E-state index contributed by atoms with van der Waals surface area (Å²) in [5.41, 5.74) is 0.627. The van der Waals surface area contributed by atoms with Gasteiger partial charge in [-0.3, -0.25) is 15.4 Å². The molecule has 2 amide bonds. The van der Waals surface area contributed by atoms with Crippen LogP contribution in [0.25, 0.3) is 10.2 Å². The zero-order valence-corrected chi connectivity index (χ0v) is 12.4. The van der Waals surface area contributed by atoms with Gasteiger partial charge in [0.25, 0.3) is 5.69 Å². The van der Waals surface area contributed by atoms with Crippen molar-refractivity contribution < 1.29 is 9.72 Å². The van der Waals surface area contributed by atoms with Gasteiger partial charge in [-0.25, -0.2) is 9.78 Å². The van der Waals surface area contributed by atoms with E-state index in [1.807, 2.05) is 19.0 Å². The van der Waals surface area contributed by atoms with E-state index in [-0.39, 0.29) is 11.7 Å². The quantitative estimate of drug-likeness (QED) is 0.649. The summed E-state index contributed by atoms with van der Waals surface area (Å²) in [6.07, 6.45) is 0. The summed E-state index contributed by atoms with van der Waals surface area (Å²) < 4.78 is 0.660. The summed E-state index contributed by atoms with van der Waals surface area (Å²) >= 11 is 1.20. The fourth-order valence-corrected chi connectivity index (χ4v) is 2.51. The maximum absolute atomic E-state index is 11.7. The summed E-state index contributed by atoms with van der Waals surface area (Å²) in [6, 6.07) is 4.06. The van der Waals surface area contributed by atoms with Gasteiger partial charge in [-0.1, -0.05) is 11.3 Å². The van der Waals surface area contributed by atoms with E-state index in [2.05, 4.69) is 15.6 Å². The van der Waals surface area contributed by atoms with Crippen LogP contribution in [-0.4, -0.2) is 48.0 Å². The lowest BCUT2D eigenvalue weighted by molar-refractivity contribution is -0.384. The number of benzene rings is 1. The molecular formula is C12H15N5O3S. The van der Waals surface area contributed by atoms with Crippen molar-refractivity contribution in [2.45, 2.75) is 0 Å². The van der Waals surface area contributed by atoms with Crippen LogP contribution in [0.1, 0.15) is 0 Å². The maximum atomic E-state index is 11.7. The van der Waals surface area contributed by atoms with Crippen LogP contribution in [0.5, 0.6) is 0 Å². The van der Waals surface area contributed by atoms with Crippen LogP contribution < -0.4 is 10.6 Å². The molecule has 0 saturated heterocycles. The maximum Gasteiger partial charge on any atom is 0.321 e. The summed E-state index contributed by atoms with van der Waals surface area (Å²) in [7, 11) is 3.83. The molecule has 1 aromatic carbocycles. The van der Waals surface area contributed by atoms with Crippen LogP contribution in [0.3, 0.4) is 0 Å². The fourth-order valence-electron chi connectivity index (χ4n) is 1.61. The number of nitro groups is 1. The Kier molecular flexibility index (Phi) is 4.66. The molecule has 1 aromatic heterocycles. The number of hydrogen-bond acceptors (Lipinski definition) is 6. The van der Waals surface area contributed by atoms with Gasteiger partial charge in [-0.2, -0.15) is 0 Å². The van der Waals surface area contributed by atoms with Crippen molar-refractivity contribution in [2.24, 2.45) is 0 Å². The van der Waals surface area contributed by atoms with E-state index in [1.165, 1.54) is 23.5 Å². The number of hydrogen-bond donors (Lipinski definition) is 2. The van der Waals surface area contributed by atoms with Crippen molar-refractivity contribution in [3.63, 3.8) is 0 Å². The Hall–Kier alpha value is -2.26. The summed E-state index contributed by atoms with van der Waals surface area (Å²) in [4.78, 5) is 28.1. The average molecular weight is 309 g/mol. The summed E-state index contributed by atoms with van der Waals surface area (Å²) in [5.74, 6) is 0. The predicted molar refractivity (Wildman–Crippen MR) is 81.8 cm³/mol. The fraction of sp³-hybridized carbons (Fsp3) is 0.333. The smallest absolute Gasteiger partial charge is 0.321 e. The molecule has 112 valence electrons. The Labute approximate surface area is 124 Å². The van der Waals surface area contributed by atoms with Crippen LogP contribution >= 0.6 is 11.3 Å². The van der Waals surface area contributed by atoms with E-state index >= 15 is 0 Å². The first-order valence-corrected chi connectivity index (χ1v) is 7.02. The van der Waals surface area contributed by atoms with E-state index in [9.17, 15) is 14.9 Å². The number of nitrogens with one attached hydrogen (secondary N) is 2. The molecular weight excluding hydrogens is 294 g/mol. The molecule has 21 heavy (non-hydrogen) atoms. The minimum absolute atomic E-state index is 0.00753. The third kappa shape index (κ3) is 4.10. The molecule has 0 aliphatic carbocycles. The average Bonchev–Trinajstić information content (AvgIpc) is 2.78. The number of likely N-dealkylation sites (N-methyl/N-ethyl adjacent to an activating group) is 1. The van der Waals surface area contributed by atoms with Crippen LogP contribution in [-0.2, 0) is 0 Å². The van der Waals surface area contributed by atoms with Crippen LogP contribution in [0, 0.1) is 10.1 Å². The van der Waals surface area contributed by atoms with E-state index in [1.54, 1.807) is 6.07 Å². The van der Waals surface area contributed by atoms with E-state index in [0.717, 1.165) is 6.54 Å². The van der Waals surface area contributed by atoms with E-state index in [4.69, 9.17) is 0 Å². The second kappa shape index (κ2) is 6.46. The highest BCUT2D eigenvalue weighted by molar-refractivity contribution is 7.22. The van der Waals surface area contributed by atoms with Crippen LogP contribution in [0.2, 0.25) is 0 Å². The number of carbonyl (C=O) groups is 1. The van der Waals surface area contributed by atoms with Gasteiger partial charge >= 0.3 is 6.03 Å². The number of rotatable bonds is 5. The Balaban J connectivity index is 2.02. The molecule has 0 spiro atoms. The summed E-state index contributed by atoms with van der Waals surface area (Å²) in [5, 5.41) is 16.4. The number of fused-ring (bicyclic) bond motifs is 1.